The van der Waals surface area contributed by atoms with E-state index in [1.807, 2.05) is 45.9 Å². The van der Waals surface area contributed by atoms with E-state index >= 15 is 0 Å². The highest BCUT2D eigenvalue weighted by Gasteiger charge is 2.22. The van der Waals surface area contributed by atoms with Gasteiger partial charge in [-0.2, -0.15) is 0 Å². The summed E-state index contributed by atoms with van der Waals surface area (Å²) in [6.45, 7) is 9.26. The van der Waals surface area contributed by atoms with Gasteiger partial charge in [0.05, 0.1) is 13.2 Å². The highest BCUT2D eigenvalue weighted by molar-refractivity contribution is 6.29. The van der Waals surface area contributed by atoms with Gasteiger partial charge in [-0.05, 0) is 50.8 Å². The van der Waals surface area contributed by atoms with Crippen molar-refractivity contribution < 1.29 is 29.3 Å². The third kappa shape index (κ3) is 17.2. The van der Waals surface area contributed by atoms with Crippen LogP contribution < -0.4 is 10.6 Å². The van der Waals surface area contributed by atoms with Crippen LogP contribution in [-0.4, -0.2) is 47.3 Å². The zero-order valence-corrected chi connectivity index (χ0v) is 23.7. The number of allylic oxidation sites excluding steroid dienone is 9. The monoisotopic (exact) mass is 548 g/mol. The minimum absolute atomic E-state index is 0.0457. The molecule has 210 valence electrons. The fourth-order valence-corrected chi connectivity index (χ4v) is 3.10. The largest absolute Gasteiger partial charge is 0.490 e. The van der Waals surface area contributed by atoms with Crippen molar-refractivity contribution in [2.75, 3.05) is 7.11 Å². The second-order valence-electron chi connectivity index (χ2n) is 8.97. The Morgan fingerprint density at radius 3 is 2.26 bits per heavy atom. The van der Waals surface area contributed by atoms with Gasteiger partial charge in [0.1, 0.15) is 6.04 Å². The molecule has 0 heterocycles. The molecule has 0 saturated heterocycles. The van der Waals surface area contributed by atoms with E-state index in [4.69, 9.17) is 21.4 Å². The Kier molecular flexibility index (Phi) is 18.0. The molecule has 0 saturated carbocycles. The summed E-state index contributed by atoms with van der Waals surface area (Å²) in [7, 11) is 1.30. The number of aliphatic hydroxyl groups excluding tert-OH is 1. The molecule has 0 aromatic rings. The lowest BCUT2D eigenvalue weighted by Gasteiger charge is -2.20. The zero-order valence-electron chi connectivity index (χ0n) is 23.0. The molecule has 0 rings (SSSR count). The molecule has 0 aromatic carbocycles. The normalized spacial score (nSPS) is 16.0. The van der Waals surface area contributed by atoms with Crippen LogP contribution in [0, 0.1) is 11.8 Å². The first-order valence-electron chi connectivity index (χ1n) is 12.3. The summed E-state index contributed by atoms with van der Waals surface area (Å²) in [6.07, 6.45) is 18.3. The van der Waals surface area contributed by atoms with Crippen LogP contribution >= 0.6 is 11.6 Å². The first kappa shape index (κ1) is 34.6. The average molecular weight is 549 g/mol. The fraction of sp³-hybridized carbons (Fsp3) is 0.414. The number of hydrogen-bond acceptors (Lipinski definition) is 5. The summed E-state index contributed by atoms with van der Waals surface area (Å²) in [5.74, 6) is -2.12. The Morgan fingerprint density at radius 2 is 1.68 bits per heavy atom. The van der Waals surface area contributed by atoms with Crippen molar-refractivity contribution in [3.8, 4) is 0 Å². The Bertz CT molecular complexity index is 985. The molecule has 3 unspecified atom stereocenters. The van der Waals surface area contributed by atoms with Crippen LogP contribution in [0.25, 0.3) is 0 Å². The summed E-state index contributed by atoms with van der Waals surface area (Å²) in [4.78, 5) is 35.7. The van der Waals surface area contributed by atoms with Crippen molar-refractivity contribution in [3.05, 3.63) is 83.3 Å². The number of carboxylic acid groups (broad SMARTS) is 1. The Balaban J connectivity index is 4.82. The number of hydrogen-bond donors (Lipinski definition) is 4. The number of aliphatic carboxylic acids is 1. The van der Waals surface area contributed by atoms with Gasteiger partial charge in [0.15, 0.2) is 0 Å². The fourth-order valence-electron chi connectivity index (χ4n) is 3.01. The molecule has 0 radical (unpaired) electrons. The van der Waals surface area contributed by atoms with Crippen LogP contribution in [0.5, 0.6) is 0 Å². The third-order valence-corrected chi connectivity index (χ3v) is 5.16. The van der Waals surface area contributed by atoms with E-state index in [9.17, 15) is 19.5 Å². The van der Waals surface area contributed by atoms with Crippen LogP contribution in [0.4, 0.5) is 0 Å². The lowest BCUT2D eigenvalue weighted by atomic mass is 10.0. The number of methoxy groups -OCH3 is 1. The summed E-state index contributed by atoms with van der Waals surface area (Å²) >= 11 is 5.75. The maximum atomic E-state index is 12.5. The number of nitrogens with one attached hydrogen (secondary N) is 2. The van der Waals surface area contributed by atoms with E-state index in [-0.39, 0.29) is 23.5 Å². The number of ether oxygens (including phenoxy) is 1. The minimum atomic E-state index is -1.13. The topological polar surface area (TPSA) is 125 Å². The molecule has 38 heavy (non-hydrogen) atoms. The van der Waals surface area contributed by atoms with Crippen LogP contribution in [0.1, 0.15) is 47.5 Å². The minimum Gasteiger partial charge on any atom is -0.490 e. The highest BCUT2D eigenvalue weighted by Crippen LogP contribution is 2.08. The predicted octanol–water partition coefficient (Wildman–Crippen LogP) is 4.91. The van der Waals surface area contributed by atoms with Gasteiger partial charge in [0, 0.05) is 11.1 Å². The molecule has 4 N–H and O–H groups in total. The zero-order chi connectivity index (χ0) is 29.1. The van der Waals surface area contributed by atoms with Crippen molar-refractivity contribution in [2.24, 2.45) is 11.8 Å². The lowest BCUT2D eigenvalue weighted by molar-refractivity contribution is -0.136. The summed E-state index contributed by atoms with van der Waals surface area (Å²) in [6, 6.07) is -0.726. The van der Waals surface area contributed by atoms with Gasteiger partial charge in [-0.3, -0.25) is 9.59 Å². The maximum absolute atomic E-state index is 12.5. The predicted molar refractivity (Wildman–Crippen MR) is 152 cm³/mol. The van der Waals surface area contributed by atoms with Gasteiger partial charge in [-0.25, -0.2) is 4.79 Å². The van der Waals surface area contributed by atoms with E-state index in [1.54, 1.807) is 37.3 Å². The second kappa shape index (κ2) is 19.7. The molecule has 0 aliphatic rings. The lowest BCUT2D eigenvalue weighted by Crippen LogP contribution is -2.48. The molecule has 2 amide bonds. The molecule has 0 spiro atoms. The second-order valence-corrected chi connectivity index (χ2v) is 9.57. The van der Waals surface area contributed by atoms with Crippen LogP contribution in [0.2, 0.25) is 0 Å². The number of aliphatic hydroxyl groups is 1. The molecule has 0 aliphatic carbocycles. The van der Waals surface area contributed by atoms with E-state index in [1.165, 1.54) is 25.5 Å². The summed E-state index contributed by atoms with van der Waals surface area (Å²) in [5, 5.41) is 24.7. The Hall–Kier alpha value is -3.36. The van der Waals surface area contributed by atoms with Gasteiger partial charge in [-0.15, -0.1) is 0 Å². The molecule has 0 fully saturated rings. The van der Waals surface area contributed by atoms with Gasteiger partial charge in [-0.1, -0.05) is 86.6 Å². The summed E-state index contributed by atoms with van der Waals surface area (Å²) < 4.78 is 4.76. The van der Waals surface area contributed by atoms with Crippen molar-refractivity contribution in [1.82, 2.24) is 10.6 Å². The average Bonchev–Trinajstić information content (AvgIpc) is 2.83. The molecule has 0 aromatic heterocycles. The summed E-state index contributed by atoms with van der Waals surface area (Å²) in [5.41, 5.74) is 0.951. The van der Waals surface area contributed by atoms with Crippen molar-refractivity contribution in [3.63, 3.8) is 0 Å². The van der Waals surface area contributed by atoms with E-state index in [0.29, 0.717) is 17.9 Å². The van der Waals surface area contributed by atoms with E-state index in [2.05, 4.69) is 10.6 Å². The molecular formula is C29H41ClN2O6. The Labute approximate surface area is 231 Å². The molecule has 9 heteroatoms. The number of carboxylic acids is 1. The standard InChI is InChI=1S/C29H41ClN2O6/c1-20(2)27(28(35)31-18-10-13-24(33)17-16-23(5)30)32-26(34)15-8-7-11-21(3)19-22(4)12-9-14-25(38-6)29(36)37/h7-12,14-16,18-20,22,24,27,33H,13,17H2,1-6H3,(H,31,35)(H,32,34)(H,36,37)/b11-7-,12-9+,15-8-,18-10-,21-19+,23-16+,25-14+. The Morgan fingerprint density at radius 1 is 1.03 bits per heavy atom. The van der Waals surface area contributed by atoms with E-state index in [0.717, 1.165) is 5.57 Å². The van der Waals surface area contributed by atoms with Gasteiger partial charge in [0.25, 0.3) is 0 Å². The molecule has 0 bridgehead atoms. The quantitative estimate of drug-likeness (QED) is 0.123. The van der Waals surface area contributed by atoms with Crippen molar-refractivity contribution in [1.29, 1.82) is 0 Å². The van der Waals surface area contributed by atoms with Crippen molar-refractivity contribution in [2.45, 2.75) is 59.6 Å². The van der Waals surface area contributed by atoms with Gasteiger partial charge < -0.3 is 25.6 Å². The van der Waals surface area contributed by atoms with E-state index < -0.39 is 24.0 Å². The first-order chi connectivity index (χ1) is 17.9. The maximum Gasteiger partial charge on any atom is 0.371 e. The number of amides is 2. The first-order valence-corrected chi connectivity index (χ1v) is 12.7. The SMILES string of the molecule is CO/C(=C/C=C/C(C)/C=C(C)/C=C\C=C/C(=O)NC(C(=O)N/C=C\CC(O)C/C=C(\C)Cl)C(C)C)C(=O)O. The molecule has 0 aliphatic heterocycles. The van der Waals surface area contributed by atoms with Crippen LogP contribution in [-0.2, 0) is 19.1 Å². The van der Waals surface area contributed by atoms with Crippen molar-refractivity contribution >= 4 is 29.4 Å². The molecule has 3 atom stereocenters. The number of rotatable bonds is 16. The van der Waals surface area contributed by atoms with Gasteiger partial charge >= 0.3 is 5.97 Å². The number of carbonyl (C=O) groups excluding carboxylic acids is 2. The third-order valence-electron chi connectivity index (χ3n) is 5.01. The van der Waals surface area contributed by atoms with Crippen LogP contribution in [0.15, 0.2) is 83.3 Å². The smallest absolute Gasteiger partial charge is 0.371 e. The highest BCUT2D eigenvalue weighted by atomic mass is 35.5. The molecular weight excluding hydrogens is 508 g/mol. The number of halogens is 1. The van der Waals surface area contributed by atoms with Crippen LogP contribution in [0.3, 0.4) is 0 Å². The molecule has 8 nitrogen and oxygen atoms in total. The van der Waals surface area contributed by atoms with Gasteiger partial charge in [0.2, 0.25) is 17.6 Å². The number of carbonyl (C=O) groups is 3.